The maximum atomic E-state index is 10.9. The SMILES string of the molecule is NC(=O)O[C@H](CC(=O)N=O)c1ccc(Cl)cc1. The molecule has 0 bridgehead atoms. The minimum absolute atomic E-state index is 0.353. The van der Waals surface area contributed by atoms with Crippen LogP contribution in [0.2, 0.25) is 5.02 Å². The molecule has 90 valence electrons. The lowest BCUT2D eigenvalue weighted by Gasteiger charge is -2.14. The summed E-state index contributed by atoms with van der Waals surface area (Å²) in [6, 6.07) is 6.25. The zero-order valence-corrected chi connectivity index (χ0v) is 9.39. The standard InChI is InChI=1S/C10H9ClN2O4/c11-7-3-1-6(2-4-7)8(17-10(12)15)5-9(14)13-16/h1-4,8H,5H2,(H2,12,15)/t8-/m1/s1. The van der Waals surface area contributed by atoms with Crippen LogP contribution < -0.4 is 5.73 Å². The van der Waals surface area contributed by atoms with Crippen LogP contribution in [-0.2, 0) is 9.53 Å². The van der Waals surface area contributed by atoms with Crippen molar-refractivity contribution in [1.82, 2.24) is 0 Å². The van der Waals surface area contributed by atoms with E-state index in [4.69, 9.17) is 22.1 Å². The van der Waals surface area contributed by atoms with Crippen molar-refractivity contribution in [2.75, 3.05) is 0 Å². The number of carbonyl (C=O) groups excluding carboxylic acids is 2. The van der Waals surface area contributed by atoms with Gasteiger partial charge in [0.05, 0.1) is 6.42 Å². The predicted octanol–water partition coefficient (Wildman–Crippen LogP) is 2.16. The Morgan fingerprint density at radius 3 is 2.41 bits per heavy atom. The quantitative estimate of drug-likeness (QED) is 0.834. The minimum Gasteiger partial charge on any atom is -0.441 e. The number of nitrogens with two attached hydrogens (primary N) is 1. The number of nitrogens with zero attached hydrogens (tertiary/aromatic N) is 1. The first-order chi connectivity index (χ1) is 8.02. The molecule has 0 aromatic heterocycles. The molecule has 0 heterocycles. The second kappa shape index (κ2) is 5.95. The number of carbonyl (C=O) groups is 2. The first-order valence-electron chi connectivity index (χ1n) is 4.60. The zero-order valence-electron chi connectivity index (χ0n) is 8.63. The van der Waals surface area contributed by atoms with Crippen LogP contribution in [0.3, 0.4) is 0 Å². The Hall–Kier alpha value is -1.95. The lowest BCUT2D eigenvalue weighted by atomic mass is 10.1. The molecule has 17 heavy (non-hydrogen) atoms. The van der Waals surface area contributed by atoms with Crippen molar-refractivity contribution in [2.45, 2.75) is 12.5 Å². The first-order valence-corrected chi connectivity index (χ1v) is 4.98. The number of halogens is 1. The molecular weight excluding hydrogens is 248 g/mol. The van der Waals surface area contributed by atoms with E-state index in [-0.39, 0.29) is 6.42 Å². The van der Waals surface area contributed by atoms with Crippen LogP contribution in [0.5, 0.6) is 0 Å². The predicted molar refractivity (Wildman–Crippen MR) is 60.3 cm³/mol. The molecule has 6 nitrogen and oxygen atoms in total. The largest absolute Gasteiger partial charge is 0.441 e. The normalized spacial score (nSPS) is 11.6. The molecule has 2 amide bonds. The average molecular weight is 257 g/mol. The van der Waals surface area contributed by atoms with E-state index >= 15 is 0 Å². The summed E-state index contributed by atoms with van der Waals surface area (Å²) in [7, 11) is 0. The lowest BCUT2D eigenvalue weighted by molar-refractivity contribution is -0.119. The van der Waals surface area contributed by atoms with Crippen molar-refractivity contribution in [3.8, 4) is 0 Å². The zero-order chi connectivity index (χ0) is 12.8. The molecule has 0 radical (unpaired) electrons. The third-order valence-electron chi connectivity index (χ3n) is 1.96. The highest BCUT2D eigenvalue weighted by Gasteiger charge is 2.19. The molecule has 0 spiro atoms. The maximum Gasteiger partial charge on any atom is 0.405 e. The number of hydrogen-bond acceptors (Lipinski definition) is 4. The summed E-state index contributed by atoms with van der Waals surface area (Å²) in [5.41, 5.74) is 5.38. The van der Waals surface area contributed by atoms with Gasteiger partial charge in [0.25, 0.3) is 5.91 Å². The van der Waals surface area contributed by atoms with E-state index in [2.05, 4.69) is 5.18 Å². The van der Waals surface area contributed by atoms with Gasteiger partial charge in [-0.25, -0.2) is 4.79 Å². The molecule has 0 unspecified atom stereocenters. The minimum atomic E-state index is -1.04. The highest BCUT2D eigenvalue weighted by Crippen LogP contribution is 2.23. The van der Waals surface area contributed by atoms with E-state index < -0.39 is 18.1 Å². The van der Waals surface area contributed by atoms with Crippen molar-refractivity contribution in [3.05, 3.63) is 39.8 Å². The van der Waals surface area contributed by atoms with E-state index in [0.29, 0.717) is 10.6 Å². The van der Waals surface area contributed by atoms with E-state index in [0.717, 1.165) is 0 Å². The third kappa shape index (κ3) is 4.20. The third-order valence-corrected chi connectivity index (χ3v) is 2.21. The summed E-state index contributed by atoms with van der Waals surface area (Å²) >= 11 is 5.69. The molecule has 0 saturated carbocycles. The Morgan fingerprint density at radius 1 is 1.35 bits per heavy atom. The summed E-state index contributed by atoms with van der Waals surface area (Å²) in [6.07, 6.45) is -2.33. The summed E-state index contributed by atoms with van der Waals surface area (Å²) in [5.74, 6) is -0.925. The topological polar surface area (TPSA) is 98.8 Å². The molecule has 0 aliphatic carbocycles. The number of ether oxygens (including phenoxy) is 1. The van der Waals surface area contributed by atoms with Crippen molar-refractivity contribution in [1.29, 1.82) is 0 Å². The molecule has 1 atom stereocenters. The number of primary amides is 1. The Morgan fingerprint density at radius 2 is 1.94 bits per heavy atom. The fraction of sp³-hybridized carbons (Fsp3) is 0.200. The van der Waals surface area contributed by atoms with Gasteiger partial charge in [0, 0.05) is 10.2 Å². The summed E-state index contributed by atoms with van der Waals surface area (Å²) in [4.78, 5) is 31.6. The van der Waals surface area contributed by atoms with Gasteiger partial charge < -0.3 is 10.5 Å². The Balaban J connectivity index is 2.88. The highest BCUT2D eigenvalue weighted by molar-refractivity contribution is 6.30. The summed E-state index contributed by atoms with van der Waals surface area (Å²) in [6.45, 7) is 0. The van der Waals surface area contributed by atoms with Gasteiger partial charge in [-0.1, -0.05) is 23.7 Å². The smallest absolute Gasteiger partial charge is 0.405 e. The molecule has 7 heteroatoms. The summed E-state index contributed by atoms with van der Waals surface area (Å²) in [5, 5.41) is 2.72. The molecule has 0 saturated heterocycles. The van der Waals surface area contributed by atoms with Crippen LogP contribution in [0.1, 0.15) is 18.1 Å². The highest BCUT2D eigenvalue weighted by atomic mass is 35.5. The van der Waals surface area contributed by atoms with Gasteiger partial charge in [-0.2, -0.15) is 0 Å². The van der Waals surface area contributed by atoms with E-state index in [1.54, 1.807) is 24.3 Å². The van der Waals surface area contributed by atoms with Crippen LogP contribution in [0.15, 0.2) is 29.4 Å². The maximum absolute atomic E-state index is 10.9. The van der Waals surface area contributed by atoms with Crippen molar-refractivity contribution in [3.63, 3.8) is 0 Å². The lowest BCUT2D eigenvalue weighted by Crippen LogP contribution is -2.19. The molecule has 0 aliphatic heterocycles. The average Bonchev–Trinajstić information content (AvgIpc) is 2.28. The molecule has 1 rings (SSSR count). The Bertz CT molecular complexity index is 432. The molecule has 0 aliphatic rings. The Kier molecular flexibility index (Phi) is 4.59. The van der Waals surface area contributed by atoms with Crippen molar-refractivity contribution < 1.29 is 14.3 Å². The van der Waals surface area contributed by atoms with Crippen LogP contribution in [0.25, 0.3) is 0 Å². The van der Waals surface area contributed by atoms with Gasteiger partial charge in [0.2, 0.25) is 0 Å². The summed E-state index contributed by atoms with van der Waals surface area (Å²) < 4.78 is 4.72. The number of benzene rings is 1. The van der Waals surface area contributed by atoms with Crippen molar-refractivity contribution >= 4 is 23.6 Å². The second-order valence-electron chi connectivity index (χ2n) is 3.17. The van der Waals surface area contributed by atoms with Gasteiger partial charge in [0.15, 0.2) is 0 Å². The molecular formula is C10H9ClN2O4. The van der Waals surface area contributed by atoms with Crippen molar-refractivity contribution in [2.24, 2.45) is 10.9 Å². The molecule has 1 aromatic rings. The van der Waals surface area contributed by atoms with E-state index in [1.807, 2.05) is 0 Å². The van der Waals surface area contributed by atoms with Crippen LogP contribution >= 0.6 is 11.6 Å². The Labute approximate surface area is 102 Å². The second-order valence-corrected chi connectivity index (χ2v) is 3.60. The molecule has 1 aromatic carbocycles. The van der Waals surface area contributed by atoms with Crippen LogP contribution in [0.4, 0.5) is 4.79 Å². The number of nitroso groups, excluding NO2 is 1. The monoisotopic (exact) mass is 256 g/mol. The van der Waals surface area contributed by atoms with E-state index in [1.165, 1.54) is 0 Å². The van der Waals surface area contributed by atoms with Gasteiger partial charge in [0.1, 0.15) is 6.10 Å². The van der Waals surface area contributed by atoms with Gasteiger partial charge in [-0.3, -0.25) is 4.79 Å². The number of amides is 2. The molecule has 0 fully saturated rings. The molecule has 2 N–H and O–H groups in total. The van der Waals surface area contributed by atoms with Crippen LogP contribution in [0, 0.1) is 4.91 Å². The van der Waals surface area contributed by atoms with Crippen LogP contribution in [-0.4, -0.2) is 12.0 Å². The van der Waals surface area contributed by atoms with Gasteiger partial charge in [-0.05, 0) is 17.7 Å². The van der Waals surface area contributed by atoms with E-state index in [9.17, 15) is 14.5 Å². The van der Waals surface area contributed by atoms with Gasteiger partial charge >= 0.3 is 6.09 Å². The number of rotatable bonds is 4. The van der Waals surface area contributed by atoms with Gasteiger partial charge in [-0.15, -0.1) is 4.91 Å². The first kappa shape index (κ1) is 13.1. The fourth-order valence-corrected chi connectivity index (χ4v) is 1.37. The number of hydrogen-bond donors (Lipinski definition) is 1. The fourth-order valence-electron chi connectivity index (χ4n) is 1.24.